The maximum atomic E-state index is 14.8. The van der Waals surface area contributed by atoms with Gasteiger partial charge in [0.05, 0.1) is 40.6 Å². The van der Waals surface area contributed by atoms with Crippen molar-refractivity contribution in [1.82, 2.24) is 14.9 Å². The molecule has 0 radical (unpaired) electrons. The van der Waals surface area contributed by atoms with Crippen LogP contribution in [-0.2, 0) is 9.53 Å². The number of fused-ring (bicyclic) bond motifs is 2. The van der Waals surface area contributed by atoms with E-state index in [1.807, 2.05) is 17.0 Å². The molecular weight excluding hydrogens is 558 g/mol. The Hall–Kier alpha value is -3.14. The number of benzene rings is 2. The molecule has 0 bridgehead atoms. The van der Waals surface area contributed by atoms with Crippen molar-refractivity contribution in [3.63, 3.8) is 0 Å². The van der Waals surface area contributed by atoms with Gasteiger partial charge in [0.2, 0.25) is 5.91 Å². The third kappa shape index (κ3) is 5.42. The molecule has 6 rings (SSSR count). The molecular formula is C29H29Cl2FN4O4. The molecule has 3 aromatic rings. The molecule has 210 valence electrons. The number of anilines is 2. The highest BCUT2D eigenvalue weighted by molar-refractivity contribution is 6.42. The lowest BCUT2D eigenvalue weighted by Gasteiger charge is -2.26. The fourth-order valence-electron chi connectivity index (χ4n) is 5.90. The summed E-state index contributed by atoms with van der Waals surface area (Å²) in [6, 6.07) is 6.73. The number of aromatic nitrogens is 2. The minimum absolute atomic E-state index is 0.000259. The van der Waals surface area contributed by atoms with E-state index in [0.29, 0.717) is 53.3 Å². The Kier molecular flexibility index (Phi) is 7.70. The summed E-state index contributed by atoms with van der Waals surface area (Å²) in [6.45, 7) is 6.34. The standard InChI is InChI=1S/C29H29Cl2FN4O4/c1-2-26(37)36-13-16-9-19(10-17(16)14-36)40-24-11-20-23(12-25(24)39-18-5-7-38-8-6-18)33-15-34-29(20)35-22-4-3-21(30)27(31)28(22)32/h2-4,11-12,15-19H,1,5-10,13-14H2,(H,33,34,35)/t16-,17+,19?. The lowest BCUT2D eigenvalue weighted by molar-refractivity contribution is -0.125. The number of hydrogen-bond acceptors (Lipinski definition) is 7. The van der Waals surface area contributed by atoms with E-state index in [-0.39, 0.29) is 33.8 Å². The molecule has 8 nitrogen and oxygen atoms in total. The minimum atomic E-state index is -0.668. The number of nitrogens with zero attached hydrogens (tertiary/aromatic N) is 3. The number of carbonyl (C=O) groups excluding carboxylic acids is 1. The van der Waals surface area contributed by atoms with E-state index in [1.54, 1.807) is 0 Å². The van der Waals surface area contributed by atoms with Crippen molar-refractivity contribution in [3.05, 3.63) is 59.1 Å². The van der Waals surface area contributed by atoms with E-state index in [2.05, 4.69) is 21.9 Å². The molecule has 2 aromatic carbocycles. The van der Waals surface area contributed by atoms with Crippen molar-refractivity contribution in [2.45, 2.75) is 37.9 Å². The van der Waals surface area contributed by atoms with E-state index < -0.39 is 5.82 Å². The number of amides is 1. The molecule has 3 aliphatic rings. The smallest absolute Gasteiger partial charge is 0.245 e. The second-order valence-corrected chi connectivity index (χ2v) is 11.3. The first-order valence-electron chi connectivity index (χ1n) is 13.4. The third-order valence-electron chi connectivity index (χ3n) is 7.94. The molecule has 1 aliphatic carbocycles. The van der Waals surface area contributed by atoms with Crippen molar-refractivity contribution in [2.75, 3.05) is 31.6 Å². The van der Waals surface area contributed by atoms with Gasteiger partial charge in [-0.25, -0.2) is 14.4 Å². The van der Waals surface area contributed by atoms with Crippen LogP contribution in [0.25, 0.3) is 10.9 Å². The second-order valence-electron chi connectivity index (χ2n) is 10.5. The van der Waals surface area contributed by atoms with Crippen molar-refractivity contribution in [1.29, 1.82) is 0 Å². The van der Waals surface area contributed by atoms with Gasteiger partial charge in [-0.2, -0.15) is 0 Å². The molecule has 40 heavy (non-hydrogen) atoms. The predicted molar refractivity (Wildman–Crippen MR) is 151 cm³/mol. The first-order chi connectivity index (χ1) is 19.4. The Balaban J connectivity index is 1.30. The number of nitrogens with one attached hydrogen (secondary N) is 1. The van der Waals surface area contributed by atoms with E-state index in [9.17, 15) is 9.18 Å². The highest BCUT2D eigenvalue weighted by Gasteiger charge is 2.43. The van der Waals surface area contributed by atoms with Crippen LogP contribution in [0.15, 0.2) is 43.2 Å². The number of carbonyl (C=O) groups is 1. The maximum absolute atomic E-state index is 14.8. The number of rotatable bonds is 7. The summed E-state index contributed by atoms with van der Waals surface area (Å²) in [4.78, 5) is 22.8. The van der Waals surface area contributed by atoms with Crippen LogP contribution in [0.2, 0.25) is 10.0 Å². The Morgan fingerprint density at radius 3 is 2.50 bits per heavy atom. The maximum Gasteiger partial charge on any atom is 0.245 e. The van der Waals surface area contributed by atoms with Gasteiger partial charge in [0.15, 0.2) is 17.3 Å². The van der Waals surface area contributed by atoms with Crippen molar-refractivity contribution in [3.8, 4) is 11.5 Å². The average Bonchev–Trinajstić information content (AvgIpc) is 3.53. The first kappa shape index (κ1) is 27.1. The van der Waals surface area contributed by atoms with Gasteiger partial charge < -0.3 is 24.4 Å². The second kappa shape index (κ2) is 11.4. The average molecular weight is 587 g/mol. The predicted octanol–water partition coefficient (Wildman–Crippen LogP) is 6.18. The minimum Gasteiger partial charge on any atom is -0.486 e. The quantitative estimate of drug-likeness (QED) is 0.261. The number of hydrogen-bond donors (Lipinski definition) is 1. The lowest BCUT2D eigenvalue weighted by Crippen LogP contribution is -2.29. The zero-order chi connectivity index (χ0) is 27.8. The third-order valence-corrected chi connectivity index (χ3v) is 8.72. The first-order valence-corrected chi connectivity index (χ1v) is 14.2. The molecule has 11 heteroatoms. The highest BCUT2D eigenvalue weighted by Crippen LogP contribution is 2.43. The number of halogens is 3. The van der Waals surface area contributed by atoms with Gasteiger partial charge in [-0.3, -0.25) is 4.79 Å². The lowest BCUT2D eigenvalue weighted by atomic mass is 10.0. The van der Waals surface area contributed by atoms with Gasteiger partial charge in [-0.1, -0.05) is 29.8 Å². The molecule has 3 fully saturated rings. The molecule has 2 aliphatic heterocycles. The fourth-order valence-corrected chi connectivity index (χ4v) is 6.21. The van der Waals surface area contributed by atoms with Gasteiger partial charge in [-0.05, 0) is 49.0 Å². The van der Waals surface area contributed by atoms with Crippen LogP contribution in [0.5, 0.6) is 11.5 Å². The molecule has 3 heterocycles. The highest BCUT2D eigenvalue weighted by atomic mass is 35.5. The van der Waals surface area contributed by atoms with E-state index in [0.717, 1.165) is 38.8 Å². The molecule has 2 saturated heterocycles. The topological polar surface area (TPSA) is 85.8 Å². The van der Waals surface area contributed by atoms with E-state index in [4.69, 9.17) is 37.4 Å². The summed E-state index contributed by atoms with van der Waals surface area (Å²) in [5.74, 6) is 1.65. The van der Waals surface area contributed by atoms with Crippen LogP contribution in [0.1, 0.15) is 25.7 Å². The summed E-state index contributed by atoms with van der Waals surface area (Å²) >= 11 is 12.0. The Morgan fingerprint density at radius 1 is 1.07 bits per heavy atom. The summed E-state index contributed by atoms with van der Waals surface area (Å²) < 4.78 is 33.4. The zero-order valence-electron chi connectivity index (χ0n) is 21.7. The molecule has 1 amide bonds. The molecule has 1 N–H and O–H groups in total. The van der Waals surface area contributed by atoms with Gasteiger partial charge in [0.1, 0.15) is 18.2 Å². The number of likely N-dealkylation sites (tertiary alicyclic amines) is 1. The molecule has 1 saturated carbocycles. The van der Waals surface area contributed by atoms with Crippen LogP contribution in [0.3, 0.4) is 0 Å². The van der Waals surface area contributed by atoms with Crippen LogP contribution < -0.4 is 14.8 Å². The molecule has 3 atom stereocenters. The largest absolute Gasteiger partial charge is 0.486 e. The number of ether oxygens (including phenoxy) is 3. The van der Waals surface area contributed by atoms with E-state index >= 15 is 0 Å². The molecule has 0 spiro atoms. The van der Waals surface area contributed by atoms with Crippen LogP contribution in [-0.4, -0.2) is 59.3 Å². The van der Waals surface area contributed by atoms with Crippen molar-refractivity contribution < 1.29 is 23.4 Å². The SMILES string of the molecule is C=CC(=O)N1C[C@H]2CC(Oc3cc4c(Nc5ccc(Cl)c(Cl)c5F)ncnc4cc3OC3CCOCC3)C[C@H]2C1. The van der Waals surface area contributed by atoms with E-state index in [1.165, 1.54) is 24.5 Å². The van der Waals surface area contributed by atoms with Gasteiger partial charge >= 0.3 is 0 Å². The van der Waals surface area contributed by atoms with Crippen molar-refractivity contribution in [2.24, 2.45) is 11.8 Å². The molecule has 1 aromatic heterocycles. The van der Waals surface area contributed by atoms with Gasteiger partial charge in [0, 0.05) is 37.4 Å². The van der Waals surface area contributed by atoms with Crippen molar-refractivity contribution >= 4 is 51.5 Å². The Bertz CT molecular complexity index is 1440. The summed E-state index contributed by atoms with van der Waals surface area (Å²) in [7, 11) is 0. The fraction of sp³-hybridized carbons (Fsp3) is 0.414. The summed E-state index contributed by atoms with van der Waals surface area (Å²) in [5.41, 5.74) is 0.760. The van der Waals surface area contributed by atoms with Crippen LogP contribution >= 0.6 is 23.2 Å². The summed E-state index contributed by atoms with van der Waals surface area (Å²) in [6.07, 6.45) is 6.00. The van der Waals surface area contributed by atoms with Gasteiger partial charge in [0.25, 0.3) is 0 Å². The monoisotopic (exact) mass is 586 g/mol. The Labute approximate surface area is 241 Å². The normalized spacial score (nSPS) is 22.8. The summed E-state index contributed by atoms with van der Waals surface area (Å²) in [5, 5.41) is 3.63. The van der Waals surface area contributed by atoms with Crippen LogP contribution in [0, 0.1) is 17.7 Å². The van der Waals surface area contributed by atoms with Crippen LogP contribution in [0.4, 0.5) is 15.9 Å². The zero-order valence-corrected chi connectivity index (χ0v) is 23.3. The van der Waals surface area contributed by atoms with Gasteiger partial charge in [-0.15, -0.1) is 0 Å². The Morgan fingerprint density at radius 2 is 1.77 bits per heavy atom. The molecule has 1 unspecified atom stereocenters.